The normalized spacial score (nSPS) is 12.7. The molecule has 0 aliphatic heterocycles. The molecule has 0 saturated carbocycles. The Balaban J connectivity index is 2.26. The minimum absolute atomic E-state index is 0.00461. The summed E-state index contributed by atoms with van der Waals surface area (Å²) in [5.74, 6) is -8.31. The number of halogens is 5. The molecule has 1 aromatic heterocycles. The van der Waals surface area contributed by atoms with Crippen LogP contribution in [0.3, 0.4) is 0 Å². The van der Waals surface area contributed by atoms with Gasteiger partial charge in [-0.05, 0) is 11.5 Å². The van der Waals surface area contributed by atoms with Crippen molar-refractivity contribution in [1.82, 2.24) is 0 Å². The van der Waals surface area contributed by atoms with E-state index in [2.05, 4.69) is 0 Å². The lowest BCUT2D eigenvalue weighted by Gasteiger charge is -2.17. The predicted octanol–water partition coefficient (Wildman–Crippen LogP) is 4.33. The van der Waals surface area contributed by atoms with E-state index in [1.807, 2.05) is 0 Å². The summed E-state index contributed by atoms with van der Waals surface area (Å²) in [7, 11) is 0. The summed E-state index contributed by atoms with van der Waals surface area (Å²) in [4.78, 5) is 23.7. The summed E-state index contributed by atoms with van der Waals surface area (Å²) in [6.45, 7) is 0. The van der Waals surface area contributed by atoms with Crippen LogP contribution in [0.4, 0.5) is 22.0 Å². The minimum atomic E-state index is -6.10. The monoisotopic (exact) mass is 342 g/mol. The number of alkyl halides is 5. The zero-order valence-corrected chi connectivity index (χ0v) is 11.7. The van der Waals surface area contributed by atoms with Crippen LogP contribution in [0.1, 0.15) is 10.4 Å². The van der Waals surface area contributed by atoms with Gasteiger partial charge in [-0.3, -0.25) is 9.59 Å². The Labute approximate surface area is 130 Å². The zero-order chi connectivity index (χ0) is 17.7. The lowest BCUT2D eigenvalue weighted by molar-refractivity contribution is -0.255. The highest BCUT2D eigenvalue weighted by Crippen LogP contribution is 2.37. The average molecular weight is 342 g/mol. The van der Waals surface area contributed by atoms with Gasteiger partial charge in [0.15, 0.2) is 0 Å². The van der Waals surface area contributed by atoms with Crippen molar-refractivity contribution in [2.24, 2.45) is 0 Å². The van der Waals surface area contributed by atoms with E-state index >= 15 is 0 Å². The number of hydrogen-bond donors (Lipinski definition) is 0. The fraction of sp³-hybridized carbons (Fsp3) is 0.125. The van der Waals surface area contributed by atoms with Crippen molar-refractivity contribution < 1.29 is 31.2 Å². The van der Waals surface area contributed by atoms with Crippen LogP contribution < -0.4 is 5.43 Å². The number of carbonyl (C=O) groups is 1. The first-order valence-electron chi connectivity index (χ1n) is 6.57. The molecule has 2 aromatic carbocycles. The van der Waals surface area contributed by atoms with E-state index in [-0.39, 0.29) is 11.0 Å². The molecule has 3 nitrogen and oxygen atoms in total. The molecule has 0 fully saturated rings. The maximum atomic E-state index is 13.2. The molecule has 0 aliphatic rings. The molecule has 24 heavy (non-hydrogen) atoms. The highest BCUT2D eigenvalue weighted by Gasteiger charge is 2.63. The van der Waals surface area contributed by atoms with Crippen molar-refractivity contribution in [3.05, 3.63) is 58.4 Å². The fourth-order valence-electron chi connectivity index (χ4n) is 2.32. The predicted molar refractivity (Wildman–Crippen MR) is 75.3 cm³/mol. The first-order chi connectivity index (χ1) is 11.1. The quantitative estimate of drug-likeness (QED) is 0.396. The van der Waals surface area contributed by atoms with E-state index in [9.17, 15) is 31.5 Å². The van der Waals surface area contributed by atoms with Crippen LogP contribution in [0.5, 0.6) is 0 Å². The summed E-state index contributed by atoms with van der Waals surface area (Å²) < 4.78 is 68.4. The van der Waals surface area contributed by atoms with E-state index in [1.54, 1.807) is 24.3 Å². The zero-order valence-electron chi connectivity index (χ0n) is 11.7. The maximum Gasteiger partial charge on any atom is 0.461 e. The summed E-state index contributed by atoms with van der Waals surface area (Å²) in [6, 6.07) is 9.33. The van der Waals surface area contributed by atoms with Crippen LogP contribution in [0.25, 0.3) is 21.7 Å². The van der Waals surface area contributed by atoms with Crippen LogP contribution in [-0.4, -0.2) is 17.9 Å². The van der Waals surface area contributed by atoms with Gasteiger partial charge in [0.05, 0.1) is 5.39 Å². The van der Waals surface area contributed by atoms with Crippen molar-refractivity contribution >= 4 is 27.5 Å². The largest absolute Gasteiger partial charge is 0.463 e. The Morgan fingerprint density at radius 2 is 1.58 bits per heavy atom. The summed E-state index contributed by atoms with van der Waals surface area (Å²) in [6.07, 6.45) is -5.76. The third-order valence-corrected chi connectivity index (χ3v) is 3.55. The van der Waals surface area contributed by atoms with Gasteiger partial charge >= 0.3 is 12.1 Å². The molecule has 3 rings (SSSR count). The van der Waals surface area contributed by atoms with Crippen molar-refractivity contribution in [1.29, 1.82) is 0 Å². The molecule has 0 radical (unpaired) electrons. The van der Waals surface area contributed by atoms with Gasteiger partial charge in [0.2, 0.25) is 11.2 Å². The van der Waals surface area contributed by atoms with Gasteiger partial charge in [0.1, 0.15) is 17.4 Å². The number of benzene rings is 2. The van der Waals surface area contributed by atoms with Gasteiger partial charge < -0.3 is 4.42 Å². The number of Topliss-reactive ketones (excluding diaryl/α,β-unsaturated/α-hetero) is 1. The van der Waals surface area contributed by atoms with Gasteiger partial charge in [0.25, 0.3) is 0 Å². The number of rotatable bonds is 2. The lowest BCUT2D eigenvalue weighted by atomic mass is 10.0. The van der Waals surface area contributed by atoms with Crippen molar-refractivity contribution in [3.63, 3.8) is 0 Å². The van der Waals surface area contributed by atoms with E-state index in [0.717, 1.165) is 0 Å². The van der Waals surface area contributed by atoms with Crippen LogP contribution in [-0.2, 0) is 0 Å². The molecule has 0 aliphatic carbocycles. The van der Waals surface area contributed by atoms with E-state index in [4.69, 9.17) is 4.42 Å². The molecule has 0 unspecified atom stereocenters. The Kier molecular flexibility index (Phi) is 3.43. The van der Waals surface area contributed by atoms with E-state index in [0.29, 0.717) is 17.0 Å². The standard InChI is InChI=1S/C16H7F5O3/c17-15(18,16(19,20)21)14(23)11-7-24-13-9-4-2-1-3-8(9)5-6-10(13)12(11)22/h1-7H. The first-order valence-corrected chi connectivity index (χ1v) is 6.57. The molecule has 1 heterocycles. The number of fused-ring (bicyclic) bond motifs is 3. The average Bonchev–Trinajstić information content (AvgIpc) is 2.53. The Morgan fingerprint density at radius 1 is 0.917 bits per heavy atom. The topological polar surface area (TPSA) is 47.3 Å². The third-order valence-electron chi connectivity index (χ3n) is 3.55. The van der Waals surface area contributed by atoms with Gasteiger partial charge in [0, 0.05) is 5.39 Å². The smallest absolute Gasteiger partial charge is 0.461 e. The highest BCUT2D eigenvalue weighted by atomic mass is 19.4. The lowest BCUT2D eigenvalue weighted by Crippen LogP contribution is -2.45. The maximum absolute atomic E-state index is 13.2. The molecule has 124 valence electrons. The molecule has 8 heteroatoms. The molecule has 0 saturated heterocycles. The van der Waals surface area contributed by atoms with Crippen LogP contribution in [0.2, 0.25) is 0 Å². The number of ketones is 1. The summed E-state index contributed by atoms with van der Waals surface area (Å²) in [5.41, 5.74) is -2.58. The second-order valence-corrected chi connectivity index (χ2v) is 5.04. The highest BCUT2D eigenvalue weighted by molar-refractivity contribution is 6.07. The summed E-state index contributed by atoms with van der Waals surface area (Å²) in [5, 5.41) is 0.888. The second-order valence-electron chi connectivity index (χ2n) is 5.04. The Morgan fingerprint density at radius 3 is 2.25 bits per heavy atom. The van der Waals surface area contributed by atoms with Crippen molar-refractivity contribution in [3.8, 4) is 0 Å². The number of carbonyl (C=O) groups excluding carboxylic acids is 1. The van der Waals surface area contributed by atoms with Gasteiger partial charge in [-0.25, -0.2) is 0 Å². The molecule has 0 N–H and O–H groups in total. The van der Waals surface area contributed by atoms with Crippen LogP contribution in [0, 0.1) is 0 Å². The van der Waals surface area contributed by atoms with Gasteiger partial charge in [-0.15, -0.1) is 0 Å². The van der Waals surface area contributed by atoms with Crippen molar-refractivity contribution in [2.45, 2.75) is 12.1 Å². The molecular formula is C16H7F5O3. The Bertz CT molecular complexity index is 1020. The van der Waals surface area contributed by atoms with Crippen LogP contribution >= 0.6 is 0 Å². The van der Waals surface area contributed by atoms with E-state index < -0.39 is 28.9 Å². The molecule has 3 aromatic rings. The molecule has 0 spiro atoms. The number of hydrogen-bond acceptors (Lipinski definition) is 3. The molecular weight excluding hydrogens is 335 g/mol. The minimum Gasteiger partial charge on any atom is -0.463 e. The van der Waals surface area contributed by atoms with Gasteiger partial charge in [-0.2, -0.15) is 22.0 Å². The molecule has 0 atom stereocenters. The SMILES string of the molecule is O=C(c1coc2c(ccc3ccccc32)c1=O)C(F)(F)C(F)(F)F. The van der Waals surface area contributed by atoms with Crippen LogP contribution in [0.15, 0.2) is 51.9 Å². The molecule has 0 bridgehead atoms. The first kappa shape index (κ1) is 16.1. The van der Waals surface area contributed by atoms with Gasteiger partial charge in [-0.1, -0.05) is 30.3 Å². The molecule has 0 amide bonds. The van der Waals surface area contributed by atoms with E-state index in [1.165, 1.54) is 12.1 Å². The van der Waals surface area contributed by atoms with Crippen molar-refractivity contribution in [2.75, 3.05) is 0 Å². The Hall–Kier alpha value is -2.77. The summed E-state index contributed by atoms with van der Waals surface area (Å²) >= 11 is 0. The fourth-order valence-corrected chi connectivity index (χ4v) is 2.32. The second kappa shape index (κ2) is 5.12. The third kappa shape index (κ3) is 2.26.